The molecule has 104 valence electrons. The van der Waals surface area contributed by atoms with Gasteiger partial charge in [0.05, 0.1) is 18.2 Å². The lowest BCUT2D eigenvalue weighted by Gasteiger charge is -2.26. The van der Waals surface area contributed by atoms with E-state index in [9.17, 15) is 9.59 Å². The van der Waals surface area contributed by atoms with Gasteiger partial charge in [0.15, 0.2) is 0 Å². The van der Waals surface area contributed by atoms with Crippen LogP contribution < -0.4 is 10.1 Å². The molecule has 1 aromatic rings. The molecule has 0 bridgehead atoms. The van der Waals surface area contributed by atoms with Crippen LogP contribution in [-0.4, -0.2) is 43.0 Å². The van der Waals surface area contributed by atoms with Gasteiger partial charge in [-0.25, -0.2) is 0 Å². The van der Waals surface area contributed by atoms with Crippen LogP contribution in [0.5, 0.6) is 5.75 Å². The number of nitrogens with one attached hydrogen (secondary N) is 1. The minimum Gasteiger partial charge on any atom is -0.493 e. The number of benzene rings is 1. The number of hydrogen-bond acceptors (Lipinski definition) is 4. The van der Waals surface area contributed by atoms with E-state index in [2.05, 4.69) is 5.32 Å². The lowest BCUT2D eigenvalue weighted by atomic mass is 10.2. The van der Waals surface area contributed by atoms with Gasteiger partial charge in [-0.1, -0.05) is 6.07 Å². The average Bonchev–Trinajstić information content (AvgIpc) is 2.48. The van der Waals surface area contributed by atoms with Crippen molar-refractivity contribution >= 4 is 11.8 Å². The molecule has 2 amide bonds. The van der Waals surface area contributed by atoms with E-state index < -0.39 is 11.8 Å². The van der Waals surface area contributed by atoms with E-state index in [0.717, 1.165) is 0 Å². The summed E-state index contributed by atoms with van der Waals surface area (Å²) >= 11 is 0. The Kier molecular flexibility index (Phi) is 4.56. The Hall–Kier alpha value is -2.55. The molecule has 0 aliphatic carbocycles. The summed E-state index contributed by atoms with van der Waals surface area (Å²) in [6.07, 6.45) is 0.635. The molecule has 1 aliphatic rings. The fourth-order valence-electron chi connectivity index (χ4n) is 1.94. The normalized spacial score (nSPS) is 14.7. The summed E-state index contributed by atoms with van der Waals surface area (Å²) in [6, 6.07) is 8.95. The molecule has 2 rings (SSSR count). The molecule has 1 aromatic carbocycles. The second-order valence-corrected chi connectivity index (χ2v) is 4.39. The van der Waals surface area contributed by atoms with Gasteiger partial charge >= 0.3 is 11.8 Å². The molecule has 6 heteroatoms. The molecule has 1 fully saturated rings. The smallest absolute Gasteiger partial charge is 0.311 e. The summed E-state index contributed by atoms with van der Waals surface area (Å²) in [5.74, 6) is -0.395. The monoisotopic (exact) mass is 273 g/mol. The second-order valence-electron chi connectivity index (χ2n) is 4.39. The Morgan fingerprint density at radius 1 is 1.40 bits per heavy atom. The first-order valence-electron chi connectivity index (χ1n) is 6.41. The Balaban J connectivity index is 1.75. The van der Waals surface area contributed by atoms with Gasteiger partial charge in [0.25, 0.3) is 0 Å². The van der Waals surface area contributed by atoms with Gasteiger partial charge < -0.3 is 15.0 Å². The highest BCUT2D eigenvalue weighted by Crippen LogP contribution is 2.12. The highest BCUT2D eigenvalue weighted by atomic mass is 16.5. The van der Waals surface area contributed by atoms with Crippen molar-refractivity contribution < 1.29 is 14.3 Å². The molecule has 0 atom stereocenters. The summed E-state index contributed by atoms with van der Waals surface area (Å²) in [4.78, 5) is 24.2. The standard InChI is InChI=1S/C14H15N3O3/c15-10-11-3-1-4-12(9-11)20-8-2-6-17-7-5-16-13(18)14(17)19/h1,3-4,9H,2,5-8H2,(H,16,18). The van der Waals surface area contributed by atoms with E-state index in [1.54, 1.807) is 24.3 Å². The van der Waals surface area contributed by atoms with Gasteiger partial charge in [-0.15, -0.1) is 0 Å². The predicted molar refractivity (Wildman–Crippen MR) is 70.9 cm³/mol. The van der Waals surface area contributed by atoms with Crippen LogP contribution in [-0.2, 0) is 9.59 Å². The lowest BCUT2D eigenvalue weighted by molar-refractivity contribution is -0.148. The van der Waals surface area contributed by atoms with Crippen molar-refractivity contribution in [1.82, 2.24) is 10.2 Å². The van der Waals surface area contributed by atoms with Gasteiger partial charge in [-0.05, 0) is 24.6 Å². The third-order valence-electron chi connectivity index (χ3n) is 2.95. The molecule has 0 saturated carbocycles. The first-order valence-corrected chi connectivity index (χ1v) is 6.41. The maximum absolute atomic E-state index is 11.5. The number of piperazine rings is 1. The summed E-state index contributed by atoms with van der Waals surface area (Å²) in [5.41, 5.74) is 0.547. The molecule has 1 saturated heterocycles. The van der Waals surface area contributed by atoms with E-state index in [4.69, 9.17) is 10.00 Å². The fraction of sp³-hybridized carbons (Fsp3) is 0.357. The lowest BCUT2D eigenvalue weighted by Crippen LogP contribution is -2.52. The summed E-state index contributed by atoms with van der Waals surface area (Å²) in [6.45, 7) is 1.95. The molecule has 1 N–H and O–H groups in total. The average molecular weight is 273 g/mol. The first kappa shape index (κ1) is 13.9. The SMILES string of the molecule is N#Cc1cccc(OCCCN2CCNC(=O)C2=O)c1. The first-order chi connectivity index (χ1) is 9.70. The molecule has 6 nitrogen and oxygen atoms in total. The zero-order chi connectivity index (χ0) is 14.4. The molecule has 1 heterocycles. The number of carbonyl (C=O) groups is 2. The Morgan fingerprint density at radius 3 is 3.05 bits per heavy atom. The van der Waals surface area contributed by atoms with Crippen LogP contribution in [0.3, 0.4) is 0 Å². The van der Waals surface area contributed by atoms with Gasteiger partial charge in [0.1, 0.15) is 5.75 Å². The van der Waals surface area contributed by atoms with Crippen molar-refractivity contribution in [3.63, 3.8) is 0 Å². The van der Waals surface area contributed by atoms with Crippen molar-refractivity contribution in [1.29, 1.82) is 5.26 Å². The quantitative estimate of drug-likeness (QED) is 0.617. The van der Waals surface area contributed by atoms with Gasteiger partial charge in [0, 0.05) is 19.6 Å². The number of nitriles is 1. The van der Waals surface area contributed by atoms with Gasteiger partial charge in [-0.2, -0.15) is 5.26 Å². The minimum atomic E-state index is -0.543. The van der Waals surface area contributed by atoms with Crippen molar-refractivity contribution in [2.24, 2.45) is 0 Å². The summed E-state index contributed by atoms with van der Waals surface area (Å²) < 4.78 is 5.51. The molecule has 0 aromatic heterocycles. The van der Waals surface area contributed by atoms with Crippen LogP contribution >= 0.6 is 0 Å². The van der Waals surface area contributed by atoms with Crippen LogP contribution in [0.15, 0.2) is 24.3 Å². The van der Waals surface area contributed by atoms with E-state index in [-0.39, 0.29) is 0 Å². The summed E-state index contributed by atoms with van der Waals surface area (Å²) in [7, 11) is 0. The Bertz CT molecular complexity index is 551. The number of amides is 2. The van der Waals surface area contributed by atoms with Crippen LogP contribution in [0.2, 0.25) is 0 Å². The zero-order valence-electron chi connectivity index (χ0n) is 11.0. The summed E-state index contributed by atoms with van der Waals surface area (Å²) in [5, 5.41) is 11.3. The maximum atomic E-state index is 11.5. The second kappa shape index (κ2) is 6.57. The molecule has 0 radical (unpaired) electrons. The van der Waals surface area contributed by atoms with Crippen LogP contribution in [0.25, 0.3) is 0 Å². The Labute approximate surface area is 116 Å². The maximum Gasteiger partial charge on any atom is 0.311 e. The molecule has 0 unspecified atom stereocenters. The topological polar surface area (TPSA) is 82.4 Å². The molecular weight excluding hydrogens is 258 g/mol. The molecule has 0 spiro atoms. The molecule has 1 aliphatic heterocycles. The van der Waals surface area contributed by atoms with Gasteiger partial charge in [0.2, 0.25) is 0 Å². The minimum absolute atomic E-state index is 0.431. The van der Waals surface area contributed by atoms with E-state index >= 15 is 0 Å². The van der Waals surface area contributed by atoms with Gasteiger partial charge in [-0.3, -0.25) is 9.59 Å². The number of carbonyl (C=O) groups excluding carboxylic acids is 2. The largest absolute Gasteiger partial charge is 0.493 e. The predicted octanol–water partition coefficient (Wildman–Crippen LogP) is 0.286. The molecular formula is C14H15N3O3. The van der Waals surface area contributed by atoms with Crippen LogP contribution in [0, 0.1) is 11.3 Å². The fourth-order valence-corrected chi connectivity index (χ4v) is 1.94. The van der Waals surface area contributed by atoms with Crippen molar-refractivity contribution in [2.45, 2.75) is 6.42 Å². The highest BCUT2D eigenvalue weighted by Gasteiger charge is 2.25. The third-order valence-corrected chi connectivity index (χ3v) is 2.95. The number of nitrogens with zero attached hydrogens (tertiary/aromatic N) is 2. The number of ether oxygens (including phenoxy) is 1. The third kappa shape index (κ3) is 3.48. The van der Waals surface area contributed by atoms with Crippen molar-refractivity contribution in [2.75, 3.05) is 26.2 Å². The van der Waals surface area contributed by atoms with Crippen LogP contribution in [0.4, 0.5) is 0 Å². The number of rotatable bonds is 5. The van der Waals surface area contributed by atoms with E-state index in [1.807, 2.05) is 6.07 Å². The molecule has 20 heavy (non-hydrogen) atoms. The van der Waals surface area contributed by atoms with Crippen LogP contribution in [0.1, 0.15) is 12.0 Å². The highest BCUT2D eigenvalue weighted by molar-refractivity contribution is 6.35. The van der Waals surface area contributed by atoms with Crippen molar-refractivity contribution in [3.05, 3.63) is 29.8 Å². The zero-order valence-corrected chi connectivity index (χ0v) is 11.0. The number of hydrogen-bond donors (Lipinski definition) is 1. The Morgan fingerprint density at radius 2 is 2.25 bits per heavy atom. The van der Waals surface area contributed by atoms with E-state index in [0.29, 0.717) is 44.0 Å². The van der Waals surface area contributed by atoms with Crippen molar-refractivity contribution in [3.8, 4) is 11.8 Å². The van der Waals surface area contributed by atoms with E-state index in [1.165, 1.54) is 4.90 Å².